The van der Waals surface area contributed by atoms with Crippen molar-refractivity contribution in [2.24, 2.45) is 0 Å². The Hall–Kier alpha value is -2.13. The third-order valence-corrected chi connectivity index (χ3v) is 5.35. The molecule has 0 aliphatic carbocycles. The Morgan fingerprint density at radius 2 is 1.69 bits per heavy atom. The Morgan fingerprint density at radius 1 is 1.04 bits per heavy atom. The summed E-state index contributed by atoms with van der Waals surface area (Å²) in [6.45, 7) is 2.73. The molecule has 0 spiro atoms. The zero-order chi connectivity index (χ0) is 18.2. The fourth-order valence-corrected chi connectivity index (χ4v) is 3.79. The highest BCUT2D eigenvalue weighted by atomic mass is 16.2. The molecule has 0 aromatic heterocycles. The van der Waals surface area contributed by atoms with Crippen molar-refractivity contribution in [2.75, 3.05) is 20.1 Å². The fraction of sp³-hybridized carbons (Fsp3) is 0.435. The minimum absolute atomic E-state index is 0.318. The maximum atomic E-state index is 12.6. The van der Waals surface area contributed by atoms with Crippen molar-refractivity contribution >= 4 is 5.91 Å². The SMILES string of the molecule is CN(Cc1ccccc1)[C@@H]1CCCN(C(=O)CCCc2ccccc2)C1. The van der Waals surface area contributed by atoms with Gasteiger partial charge in [0.15, 0.2) is 0 Å². The largest absolute Gasteiger partial charge is 0.341 e. The van der Waals surface area contributed by atoms with Crippen LogP contribution >= 0.6 is 0 Å². The van der Waals surface area contributed by atoms with Gasteiger partial charge in [-0.25, -0.2) is 0 Å². The first-order chi connectivity index (χ1) is 12.7. The first kappa shape index (κ1) is 18.7. The first-order valence-electron chi connectivity index (χ1n) is 9.78. The number of carbonyl (C=O) groups excluding carboxylic acids is 1. The predicted molar refractivity (Wildman–Crippen MR) is 107 cm³/mol. The summed E-state index contributed by atoms with van der Waals surface area (Å²) in [5.41, 5.74) is 2.65. The quantitative estimate of drug-likeness (QED) is 0.749. The summed E-state index contributed by atoms with van der Waals surface area (Å²) in [6, 6.07) is 21.5. The van der Waals surface area contributed by atoms with Crippen LogP contribution < -0.4 is 0 Å². The lowest BCUT2D eigenvalue weighted by Gasteiger charge is -2.38. The van der Waals surface area contributed by atoms with Gasteiger partial charge in [0.1, 0.15) is 0 Å². The van der Waals surface area contributed by atoms with Crippen LogP contribution in [0, 0.1) is 0 Å². The summed E-state index contributed by atoms with van der Waals surface area (Å²) in [4.78, 5) is 17.1. The van der Waals surface area contributed by atoms with Gasteiger partial charge in [-0.1, -0.05) is 60.7 Å². The second-order valence-corrected chi connectivity index (χ2v) is 7.38. The second kappa shape index (κ2) is 9.54. The Balaban J connectivity index is 1.45. The van der Waals surface area contributed by atoms with Crippen LogP contribution in [0.2, 0.25) is 0 Å². The van der Waals surface area contributed by atoms with E-state index < -0.39 is 0 Å². The van der Waals surface area contributed by atoms with E-state index in [0.717, 1.165) is 38.9 Å². The van der Waals surface area contributed by atoms with E-state index >= 15 is 0 Å². The number of hydrogen-bond acceptors (Lipinski definition) is 2. The molecule has 1 heterocycles. The van der Waals surface area contributed by atoms with Crippen molar-refractivity contribution in [2.45, 2.75) is 44.7 Å². The lowest BCUT2D eigenvalue weighted by molar-refractivity contribution is -0.133. The van der Waals surface area contributed by atoms with E-state index in [9.17, 15) is 4.79 Å². The number of likely N-dealkylation sites (N-methyl/N-ethyl adjacent to an activating group) is 1. The topological polar surface area (TPSA) is 23.6 Å². The van der Waals surface area contributed by atoms with Gasteiger partial charge in [0.25, 0.3) is 0 Å². The monoisotopic (exact) mass is 350 g/mol. The van der Waals surface area contributed by atoms with E-state index in [1.54, 1.807) is 0 Å². The van der Waals surface area contributed by atoms with Gasteiger partial charge in [0, 0.05) is 32.1 Å². The molecule has 3 nitrogen and oxygen atoms in total. The normalized spacial score (nSPS) is 17.5. The standard InChI is InChI=1S/C23H30N2O/c1-24(18-21-12-6-3-7-13-21)22-15-9-17-25(19-22)23(26)16-8-14-20-10-4-2-5-11-20/h2-7,10-13,22H,8-9,14-19H2,1H3/t22-/m1/s1. The number of rotatable bonds is 7. The number of amides is 1. The molecule has 2 aromatic carbocycles. The summed E-state index contributed by atoms with van der Waals surface area (Å²) in [5, 5.41) is 0. The van der Waals surface area contributed by atoms with Crippen molar-refractivity contribution in [3.8, 4) is 0 Å². The number of nitrogens with zero attached hydrogens (tertiary/aromatic N) is 2. The molecule has 0 bridgehead atoms. The van der Waals surface area contributed by atoms with Crippen LogP contribution in [-0.2, 0) is 17.8 Å². The van der Waals surface area contributed by atoms with Gasteiger partial charge in [-0.05, 0) is 43.9 Å². The van der Waals surface area contributed by atoms with E-state index in [0.29, 0.717) is 18.4 Å². The Bertz CT molecular complexity index is 671. The average Bonchev–Trinajstić information content (AvgIpc) is 2.69. The van der Waals surface area contributed by atoms with Gasteiger partial charge >= 0.3 is 0 Å². The zero-order valence-electron chi connectivity index (χ0n) is 15.8. The molecule has 0 N–H and O–H groups in total. The van der Waals surface area contributed by atoms with Gasteiger partial charge in [0.2, 0.25) is 5.91 Å². The summed E-state index contributed by atoms with van der Waals surface area (Å²) < 4.78 is 0. The van der Waals surface area contributed by atoms with Crippen molar-refractivity contribution in [3.05, 3.63) is 71.8 Å². The molecular weight excluding hydrogens is 320 g/mol. The number of carbonyl (C=O) groups is 1. The molecule has 138 valence electrons. The van der Waals surface area contributed by atoms with Crippen LogP contribution in [0.3, 0.4) is 0 Å². The van der Waals surface area contributed by atoms with Crippen LogP contribution in [0.15, 0.2) is 60.7 Å². The highest BCUT2D eigenvalue weighted by Crippen LogP contribution is 2.18. The Kier molecular flexibility index (Phi) is 6.84. The fourth-order valence-electron chi connectivity index (χ4n) is 3.79. The molecule has 0 radical (unpaired) electrons. The average molecular weight is 351 g/mol. The molecule has 0 unspecified atom stereocenters. The van der Waals surface area contributed by atoms with E-state index in [1.165, 1.54) is 17.5 Å². The molecule has 1 aliphatic heterocycles. The van der Waals surface area contributed by atoms with Crippen LogP contribution in [-0.4, -0.2) is 41.9 Å². The molecule has 1 fully saturated rings. The molecule has 3 heteroatoms. The molecular formula is C23H30N2O. The van der Waals surface area contributed by atoms with Gasteiger partial charge in [0.05, 0.1) is 0 Å². The lowest BCUT2D eigenvalue weighted by atomic mass is 10.0. The molecule has 1 saturated heterocycles. The van der Waals surface area contributed by atoms with Crippen molar-refractivity contribution in [3.63, 3.8) is 0 Å². The second-order valence-electron chi connectivity index (χ2n) is 7.38. The number of aryl methyl sites for hydroxylation is 1. The molecule has 1 atom stereocenters. The molecule has 1 aliphatic rings. The summed E-state index contributed by atoms with van der Waals surface area (Å²) in [7, 11) is 2.18. The Labute approximate surface area is 157 Å². The van der Waals surface area contributed by atoms with E-state index in [4.69, 9.17) is 0 Å². The highest BCUT2D eigenvalue weighted by molar-refractivity contribution is 5.76. The van der Waals surface area contributed by atoms with E-state index in [2.05, 4.69) is 71.4 Å². The molecule has 3 rings (SSSR count). The third-order valence-electron chi connectivity index (χ3n) is 5.35. The number of piperidine rings is 1. The minimum Gasteiger partial charge on any atom is -0.341 e. The smallest absolute Gasteiger partial charge is 0.222 e. The minimum atomic E-state index is 0.318. The van der Waals surface area contributed by atoms with Gasteiger partial charge in [-0.15, -0.1) is 0 Å². The van der Waals surface area contributed by atoms with Crippen LogP contribution in [0.25, 0.3) is 0 Å². The summed E-state index contributed by atoms with van der Waals surface area (Å²) in [5.74, 6) is 0.318. The number of benzene rings is 2. The van der Waals surface area contributed by atoms with Crippen molar-refractivity contribution < 1.29 is 4.79 Å². The maximum absolute atomic E-state index is 12.6. The summed E-state index contributed by atoms with van der Waals surface area (Å²) >= 11 is 0. The highest BCUT2D eigenvalue weighted by Gasteiger charge is 2.25. The molecule has 2 aromatic rings. The van der Waals surface area contributed by atoms with Gasteiger partial charge in [-0.2, -0.15) is 0 Å². The van der Waals surface area contributed by atoms with Crippen molar-refractivity contribution in [1.29, 1.82) is 0 Å². The lowest BCUT2D eigenvalue weighted by Crippen LogP contribution is -2.48. The van der Waals surface area contributed by atoms with E-state index in [1.807, 2.05) is 6.07 Å². The molecule has 26 heavy (non-hydrogen) atoms. The summed E-state index contributed by atoms with van der Waals surface area (Å²) in [6.07, 6.45) is 4.86. The van der Waals surface area contributed by atoms with Crippen molar-refractivity contribution in [1.82, 2.24) is 9.80 Å². The zero-order valence-corrected chi connectivity index (χ0v) is 15.8. The molecule has 1 amide bonds. The van der Waals surface area contributed by atoms with Crippen LogP contribution in [0.5, 0.6) is 0 Å². The predicted octanol–water partition coefficient (Wildman–Crippen LogP) is 4.13. The van der Waals surface area contributed by atoms with Gasteiger partial charge in [-0.3, -0.25) is 9.69 Å². The Morgan fingerprint density at radius 3 is 2.38 bits per heavy atom. The van der Waals surface area contributed by atoms with Crippen LogP contribution in [0.4, 0.5) is 0 Å². The number of likely N-dealkylation sites (tertiary alicyclic amines) is 1. The van der Waals surface area contributed by atoms with Gasteiger partial charge < -0.3 is 4.90 Å². The third kappa shape index (κ3) is 5.43. The van der Waals surface area contributed by atoms with E-state index in [-0.39, 0.29) is 0 Å². The van der Waals surface area contributed by atoms with Crippen LogP contribution in [0.1, 0.15) is 36.8 Å². The maximum Gasteiger partial charge on any atom is 0.222 e. The number of hydrogen-bond donors (Lipinski definition) is 0. The molecule has 0 saturated carbocycles. The first-order valence-corrected chi connectivity index (χ1v) is 9.78.